The molecule has 0 spiro atoms. The topological polar surface area (TPSA) is 68.8 Å². The van der Waals surface area contributed by atoms with Gasteiger partial charge >= 0.3 is 0 Å². The Hall–Kier alpha value is -2.12. The third-order valence-electron chi connectivity index (χ3n) is 6.11. The van der Waals surface area contributed by atoms with Gasteiger partial charge in [0, 0.05) is 42.3 Å². The Balaban J connectivity index is 1.47. The Labute approximate surface area is 169 Å². The van der Waals surface area contributed by atoms with E-state index in [1.807, 2.05) is 35.9 Å². The maximum Gasteiger partial charge on any atom is 0.143 e. The number of fused-ring (bicyclic) bond motifs is 1. The van der Waals surface area contributed by atoms with Gasteiger partial charge in [0.15, 0.2) is 0 Å². The van der Waals surface area contributed by atoms with Crippen LogP contribution in [0.1, 0.15) is 37.0 Å². The van der Waals surface area contributed by atoms with Crippen molar-refractivity contribution in [2.75, 3.05) is 12.4 Å². The number of benzene rings is 1. The molecule has 28 heavy (non-hydrogen) atoms. The van der Waals surface area contributed by atoms with Crippen LogP contribution >= 0.6 is 11.8 Å². The van der Waals surface area contributed by atoms with Gasteiger partial charge in [0.25, 0.3) is 0 Å². The van der Waals surface area contributed by atoms with E-state index in [-0.39, 0.29) is 16.8 Å². The zero-order valence-corrected chi connectivity index (χ0v) is 17.1. The van der Waals surface area contributed by atoms with E-state index in [9.17, 15) is 5.11 Å². The van der Waals surface area contributed by atoms with Gasteiger partial charge in [-0.15, -0.1) is 10.2 Å². The molecule has 0 bridgehead atoms. The summed E-state index contributed by atoms with van der Waals surface area (Å²) in [5.41, 5.74) is 3.62. The lowest BCUT2D eigenvalue weighted by molar-refractivity contribution is 0.254. The first kappa shape index (κ1) is 17.9. The molecule has 7 heteroatoms. The quantitative estimate of drug-likeness (QED) is 0.736. The van der Waals surface area contributed by atoms with Crippen LogP contribution in [-0.2, 0) is 25.4 Å². The van der Waals surface area contributed by atoms with Gasteiger partial charge in [-0.3, -0.25) is 4.68 Å². The number of hydrogen-bond donors (Lipinski definition) is 1. The number of rotatable bonds is 4. The zero-order chi connectivity index (χ0) is 19.4. The van der Waals surface area contributed by atoms with Crippen LogP contribution < -0.4 is 0 Å². The summed E-state index contributed by atoms with van der Waals surface area (Å²) >= 11 is 1.84. The molecule has 146 valence electrons. The molecular formula is C21H25N5OS. The van der Waals surface area contributed by atoms with Crippen molar-refractivity contribution < 1.29 is 5.11 Å². The van der Waals surface area contributed by atoms with Crippen LogP contribution in [0.15, 0.2) is 36.7 Å². The molecule has 5 rings (SSSR count). The molecule has 1 N–H and O–H groups in total. The summed E-state index contributed by atoms with van der Waals surface area (Å²) in [7, 11) is 1.94. The van der Waals surface area contributed by atoms with Crippen LogP contribution in [0, 0.1) is 0 Å². The number of thioether (sulfide) groups is 1. The fourth-order valence-corrected chi connectivity index (χ4v) is 5.33. The minimum atomic E-state index is -0.166. The van der Waals surface area contributed by atoms with Gasteiger partial charge in [-0.05, 0) is 30.9 Å². The zero-order valence-electron chi connectivity index (χ0n) is 16.3. The minimum Gasteiger partial charge on any atom is -0.395 e. The molecule has 1 aromatic carbocycles. The van der Waals surface area contributed by atoms with Crippen molar-refractivity contribution in [3.8, 4) is 11.1 Å². The summed E-state index contributed by atoms with van der Waals surface area (Å²) in [5.74, 6) is 3.08. The van der Waals surface area contributed by atoms with Crippen LogP contribution in [0.25, 0.3) is 11.1 Å². The van der Waals surface area contributed by atoms with E-state index < -0.39 is 0 Å². The van der Waals surface area contributed by atoms with Crippen LogP contribution in [-0.4, -0.2) is 46.8 Å². The maximum atomic E-state index is 9.80. The molecular weight excluding hydrogens is 370 g/mol. The van der Waals surface area contributed by atoms with Crippen molar-refractivity contribution in [3.05, 3.63) is 53.9 Å². The van der Waals surface area contributed by atoms with Crippen molar-refractivity contribution in [3.63, 3.8) is 0 Å². The number of nitrogens with zero attached hydrogens (tertiary/aromatic N) is 5. The lowest BCUT2D eigenvalue weighted by Crippen LogP contribution is -2.28. The van der Waals surface area contributed by atoms with Gasteiger partial charge in [0.1, 0.15) is 11.6 Å². The second kappa shape index (κ2) is 6.46. The van der Waals surface area contributed by atoms with E-state index in [1.165, 1.54) is 11.1 Å². The number of aryl methyl sites for hydroxylation is 1. The van der Waals surface area contributed by atoms with E-state index in [1.54, 1.807) is 0 Å². The third-order valence-corrected chi connectivity index (χ3v) is 7.47. The predicted octanol–water partition coefficient (Wildman–Crippen LogP) is 2.80. The van der Waals surface area contributed by atoms with Crippen molar-refractivity contribution in [2.24, 2.45) is 7.05 Å². The standard InChI is InChI=1S/C21H25N5OS/c1-20(14-27)11-18-23-24-19(26(18)9-10-28-20)21(7-8-21)17-5-3-15(4-6-17)16-12-22-25(2)13-16/h3-6,12-13,27H,7-11,14H2,1-2H3/t20-/m0/s1. The second-order valence-electron chi connectivity index (χ2n) is 8.29. The van der Waals surface area contributed by atoms with Gasteiger partial charge < -0.3 is 9.67 Å². The monoisotopic (exact) mass is 395 g/mol. The van der Waals surface area contributed by atoms with Crippen molar-refractivity contribution in [2.45, 2.75) is 42.9 Å². The highest BCUT2D eigenvalue weighted by Gasteiger charge is 2.50. The van der Waals surface area contributed by atoms with Gasteiger partial charge in [-0.2, -0.15) is 16.9 Å². The summed E-state index contributed by atoms with van der Waals surface area (Å²) in [6, 6.07) is 8.84. The molecule has 1 saturated carbocycles. The lowest BCUT2D eigenvalue weighted by atomic mass is 9.93. The first-order valence-corrected chi connectivity index (χ1v) is 10.8. The molecule has 2 aromatic heterocycles. The summed E-state index contributed by atoms with van der Waals surface area (Å²) in [5, 5.41) is 23.2. The fourth-order valence-electron chi connectivity index (χ4n) is 4.24. The summed E-state index contributed by atoms with van der Waals surface area (Å²) < 4.78 is 3.98. The summed E-state index contributed by atoms with van der Waals surface area (Å²) in [6.07, 6.45) is 6.92. The highest BCUT2D eigenvalue weighted by molar-refractivity contribution is 8.00. The molecule has 0 unspecified atom stereocenters. The van der Waals surface area contributed by atoms with Gasteiger partial charge in [-0.1, -0.05) is 24.3 Å². The Morgan fingerprint density at radius 3 is 2.57 bits per heavy atom. The second-order valence-corrected chi connectivity index (χ2v) is 9.97. The van der Waals surface area contributed by atoms with E-state index >= 15 is 0 Å². The van der Waals surface area contributed by atoms with E-state index in [2.05, 4.69) is 51.1 Å². The SMILES string of the molecule is Cn1cc(-c2ccc(C3(c4nnc5n4CCS[C@](C)(CO)C5)CC3)cc2)cn1. The van der Waals surface area contributed by atoms with E-state index in [4.69, 9.17) is 0 Å². The summed E-state index contributed by atoms with van der Waals surface area (Å²) in [6.45, 7) is 3.19. The normalized spacial score (nSPS) is 23.2. The highest BCUT2D eigenvalue weighted by atomic mass is 32.2. The average Bonchev–Trinajstić information content (AvgIpc) is 3.30. The molecule has 3 heterocycles. The predicted molar refractivity (Wildman–Crippen MR) is 110 cm³/mol. The smallest absolute Gasteiger partial charge is 0.143 e. The van der Waals surface area contributed by atoms with Crippen molar-refractivity contribution >= 4 is 11.8 Å². The molecule has 0 radical (unpaired) electrons. The van der Waals surface area contributed by atoms with E-state index in [0.717, 1.165) is 48.8 Å². The Bertz CT molecular complexity index is 1000. The third kappa shape index (κ3) is 2.88. The Kier molecular flexibility index (Phi) is 4.14. The fraction of sp³-hybridized carbons (Fsp3) is 0.476. The van der Waals surface area contributed by atoms with Crippen molar-refractivity contribution in [1.29, 1.82) is 0 Å². The molecule has 1 atom stereocenters. The largest absolute Gasteiger partial charge is 0.395 e. The maximum absolute atomic E-state index is 9.80. The average molecular weight is 396 g/mol. The molecule has 1 fully saturated rings. The van der Waals surface area contributed by atoms with Crippen LogP contribution in [0.5, 0.6) is 0 Å². The number of aromatic nitrogens is 5. The molecule has 1 aliphatic heterocycles. The van der Waals surface area contributed by atoms with Crippen LogP contribution in [0.2, 0.25) is 0 Å². The number of hydrogen-bond acceptors (Lipinski definition) is 5. The minimum absolute atomic E-state index is 0.0106. The summed E-state index contributed by atoms with van der Waals surface area (Å²) in [4.78, 5) is 0. The lowest BCUT2D eigenvalue weighted by Gasteiger charge is -2.23. The Morgan fingerprint density at radius 2 is 1.93 bits per heavy atom. The molecule has 3 aromatic rings. The first-order valence-electron chi connectivity index (χ1n) is 9.80. The van der Waals surface area contributed by atoms with Gasteiger partial charge in [0.05, 0.1) is 18.2 Å². The highest BCUT2D eigenvalue weighted by Crippen LogP contribution is 2.53. The number of aliphatic hydroxyl groups is 1. The molecule has 6 nitrogen and oxygen atoms in total. The molecule has 0 saturated heterocycles. The van der Waals surface area contributed by atoms with Crippen LogP contribution in [0.3, 0.4) is 0 Å². The van der Waals surface area contributed by atoms with Crippen molar-refractivity contribution in [1.82, 2.24) is 24.5 Å². The van der Waals surface area contributed by atoms with Crippen LogP contribution in [0.4, 0.5) is 0 Å². The molecule has 0 amide bonds. The van der Waals surface area contributed by atoms with Gasteiger partial charge in [0.2, 0.25) is 0 Å². The Morgan fingerprint density at radius 1 is 1.14 bits per heavy atom. The van der Waals surface area contributed by atoms with Gasteiger partial charge in [-0.25, -0.2) is 0 Å². The molecule has 1 aliphatic carbocycles. The first-order chi connectivity index (χ1) is 13.5. The number of aliphatic hydroxyl groups excluding tert-OH is 1. The van der Waals surface area contributed by atoms with E-state index in [0.29, 0.717) is 0 Å². The molecule has 2 aliphatic rings.